The van der Waals surface area contributed by atoms with Crippen molar-refractivity contribution in [2.45, 2.75) is 12.3 Å². The monoisotopic (exact) mass is 192 g/mol. The largest absolute Gasteiger partial charge is 0.371 e. The van der Waals surface area contributed by atoms with Crippen LogP contribution in [0.5, 0.6) is 0 Å². The van der Waals surface area contributed by atoms with Crippen LogP contribution in [-0.2, 0) is 0 Å². The number of nitrogens with one attached hydrogen (secondary N) is 1. The number of urea groups is 1. The molecular weight excluding hydrogens is 180 g/mol. The van der Waals surface area contributed by atoms with Crippen molar-refractivity contribution < 1.29 is 9.90 Å². The molecule has 2 amide bonds. The summed E-state index contributed by atoms with van der Waals surface area (Å²) in [5, 5.41) is 12.4. The number of amides is 2. The van der Waals surface area contributed by atoms with E-state index in [1.54, 1.807) is 7.05 Å². The topological polar surface area (TPSA) is 52.6 Å². The fraction of sp³-hybridized carbons (Fsp3) is 0.300. The van der Waals surface area contributed by atoms with Gasteiger partial charge < -0.3 is 10.4 Å². The molecule has 2 atom stereocenters. The molecule has 0 unspecified atom stereocenters. The molecule has 1 saturated heterocycles. The van der Waals surface area contributed by atoms with Crippen molar-refractivity contribution in [2.75, 3.05) is 7.05 Å². The molecule has 0 aliphatic carbocycles. The van der Waals surface area contributed by atoms with Gasteiger partial charge in [-0.15, -0.1) is 0 Å². The summed E-state index contributed by atoms with van der Waals surface area (Å²) in [4.78, 5) is 12.5. The van der Waals surface area contributed by atoms with Crippen LogP contribution in [0.15, 0.2) is 30.3 Å². The summed E-state index contributed by atoms with van der Waals surface area (Å²) in [6.07, 6.45) is -0.787. The van der Waals surface area contributed by atoms with Crippen molar-refractivity contribution >= 4 is 6.03 Å². The number of nitrogens with zero attached hydrogens (tertiary/aromatic N) is 1. The van der Waals surface area contributed by atoms with E-state index in [2.05, 4.69) is 5.32 Å². The first-order valence-corrected chi connectivity index (χ1v) is 4.46. The van der Waals surface area contributed by atoms with E-state index in [0.717, 1.165) is 5.56 Å². The second kappa shape index (κ2) is 3.31. The third-order valence-electron chi connectivity index (χ3n) is 2.45. The maximum Gasteiger partial charge on any atom is 0.319 e. The summed E-state index contributed by atoms with van der Waals surface area (Å²) in [5.74, 6) is 0. The van der Waals surface area contributed by atoms with Crippen molar-refractivity contribution in [2.24, 2.45) is 0 Å². The lowest BCUT2D eigenvalue weighted by molar-refractivity contribution is 0.0561. The lowest BCUT2D eigenvalue weighted by Crippen LogP contribution is -2.29. The van der Waals surface area contributed by atoms with Crippen molar-refractivity contribution in [1.82, 2.24) is 10.2 Å². The van der Waals surface area contributed by atoms with Gasteiger partial charge in [0.1, 0.15) is 6.04 Å². The van der Waals surface area contributed by atoms with E-state index in [1.165, 1.54) is 4.90 Å². The summed E-state index contributed by atoms with van der Waals surface area (Å²) in [6.45, 7) is 0. The fourth-order valence-electron chi connectivity index (χ4n) is 1.57. The van der Waals surface area contributed by atoms with E-state index in [4.69, 9.17) is 0 Å². The van der Waals surface area contributed by atoms with Crippen LogP contribution in [-0.4, -0.2) is 29.3 Å². The summed E-state index contributed by atoms with van der Waals surface area (Å²) in [7, 11) is 1.57. The third-order valence-corrected chi connectivity index (χ3v) is 2.45. The van der Waals surface area contributed by atoms with E-state index in [0.29, 0.717) is 0 Å². The Kier molecular flexibility index (Phi) is 2.13. The molecule has 4 heteroatoms. The second-order valence-corrected chi connectivity index (χ2v) is 3.36. The van der Waals surface area contributed by atoms with Gasteiger partial charge in [-0.2, -0.15) is 0 Å². The van der Waals surface area contributed by atoms with Gasteiger partial charge in [-0.3, -0.25) is 4.90 Å². The number of likely N-dealkylation sites (N-methyl/N-ethyl adjacent to an activating group) is 1. The SMILES string of the molecule is CN1C(=O)N[C@@H](c2ccccc2)[C@H]1O. The number of hydrogen-bond donors (Lipinski definition) is 2. The maximum absolute atomic E-state index is 11.2. The lowest BCUT2D eigenvalue weighted by Gasteiger charge is -2.17. The highest BCUT2D eigenvalue weighted by Gasteiger charge is 2.36. The zero-order valence-electron chi connectivity index (χ0n) is 7.84. The minimum atomic E-state index is -0.787. The zero-order chi connectivity index (χ0) is 10.1. The molecule has 14 heavy (non-hydrogen) atoms. The molecule has 2 N–H and O–H groups in total. The van der Waals surface area contributed by atoms with Gasteiger partial charge in [-0.05, 0) is 5.56 Å². The highest BCUT2D eigenvalue weighted by molar-refractivity contribution is 5.77. The highest BCUT2D eigenvalue weighted by atomic mass is 16.3. The number of carbonyl (C=O) groups is 1. The van der Waals surface area contributed by atoms with Gasteiger partial charge >= 0.3 is 6.03 Å². The molecule has 0 bridgehead atoms. The molecular formula is C10H12N2O2. The molecule has 74 valence electrons. The molecule has 1 aromatic rings. The van der Waals surface area contributed by atoms with Gasteiger partial charge in [0.05, 0.1) is 0 Å². The average molecular weight is 192 g/mol. The van der Waals surface area contributed by atoms with Crippen LogP contribution in [0.25, 0.3) is 0 Å². The van der Waals surface area contributed by atoms with Gasteiger partial charge in [0.25, 0.3) is 0 Å². The van der Waals surface area contributed by atoms with Gasteiger partial charge in [-0.25, -0.2) is 4.79 Å². The number of aliphatic hydroxyl groups excluding tert-OH is 1. The molecule has 2 rings (SSSR count). The molecule has 1 fully saturated rings. The molecule has 0 aromatic heterocycles. The first-order valence-electron chi connectivity index (χ1n) is 4.46. The highest BCUT2D eigenvalue weighted by Crippen LogP contribution is 2.23. The molecule has 4 nitrogen and oxygen atoms in total. The van der Waals surface area contributed by atoms with E-state index >= 15 is 0 Å². The second-order valence-electron chi connectivity index (χ2n) is 3.36. The van der Waals surface area contributed by atoms with Gasteiger partial charge in [0, 0.05) is 7.05 Å². The molecule has 0 spiro atoms. The van der Waals surface area contributed by atoms with Gasteiger partial charge in [0.2, 0.25) is 0 Å². The van der Waals surface area contributed by atoms with Crippen molar-refractivity contribution in [3.63, 3.8) is 0 Å². The van der Waals surface area contributed by atoms with E-state index < -0.39 is 6.23 Å². The molecule has 0 saturated carbocycles. The predicted octanol–water partition coefficient (Wildman–Crippen LogP) is 0.701. The quantitative estimate of drug-likeness (QED) is 0.688. The normalized spacial score (nSPS) is 26.4. The molecule has 1 aromatic carbocycles. The van der Waals surface area contributed by atoms with Crippen LogP contribution in [0.1, 0.15) is 11.6 Å². The Morgan fingerprint density at radius 1 is 1.36 bits per heavy atom. The smallest absolute Gasteiger partial charge is 0.319 e. The third kappa shape index (κ3) is 1.33. The Bertz CT molecular complexity index is 339. The van der Waals surface area contributed by atoms with Crippen LogP contribution < -0.4 is 5.32 Å². The first-order chi connectivity index (χ1) is 6.70. The number of aliphatic hydroxyl groups is 1. The van der Waals surface area contributed by atoms with E-state index in [9.17, 15) is 9.90 Å². The van der Waals surface area contributed by atoms with Crippen LogP contribution >= 0.6 is 0 Å². The predicted molar refractivity (Wildman–Crippen MR) is 51.5 cm³/mol. The van der Waals surface area contributed by atoms with Crippen LogP contribution in [0.4, 0.5) is 4.79 Å². The molecule has 0 radical (unpaired) electrons. The number of hydrogen-bond acceptors (Lipinski definition) is 2. The molecule has 1 heterocycles. The number of benzene rings is 1. The zero-order valence-corrected chi connectivity index (χ0v) is 7.84. The standard InChI is InChI=1S/C10H12N2O2/c1-12-9(13)8(11-10(12)14)7-5-3-2-4-6-7/h2-6,8-9,13H,1H3,(H,11,14)/t8-,9+/m0/s1. The molecule has 1 aliphatic heterocycles. The van der Waals surface area contributed by atoms with Crippen molar-refractivity contribution in [3.8, 4) is 0 Å². The Hall–Kier alpha value is -1.55. The average Bonchev–Trinajstić information content (AvgIpc) is 2.47. The summed E-state index contributed by atoms with van der Waals surface area (Å²) in [6, 6.07) is 8.86. The van der Waals surface area contributed by atoms with Crippen LogP contribution in [0.2, 0.25) is 0 Å². The Morgan fingerprint density at radius 3 is 2.50 bits per heavy atom. The maximum atomic E-state index is 11.2. The minimum absolute atomic E-state index is 0.244. The Morgan fingerprint density at radius 2 is 2.00 bits per heavy atom. The van der Waals surface area contributed by atoms with E-state index in [1.807, 2.05) is 30.3 Å². The lowest BCUT2D eigenvalue weighted by atomic mass is 10.1. The summed E-state index contributed by atoms with van der Waals surface area (Å²) >= 11 is 0. The van der Waals surface area contributed by atoms with Crippen LogP contribution in [0.3, 0.4) is 0 Å². The summed E-state index contributed by atoms with van der Waals surface area (Å²) < 4.78 is 0. The van der Waals surface area contributed by atoms with Crippen LogP contribution in [0, 0.1) is 0 Å². The number of rotatable bonds is 1. The van der Waals surface area contributed by atoms with Gasteiger partial charge in [-0.1, -0.05) is 30.3 Å². The Labute approximate surface area is 82.2 Å². The van der Waals surface area contributed by atoms with E-state index in [-0.39, 0.29) is 12.1 Å². The van der Waals surface area contributed by atoms with Gasteiger partial charge in [0.15, 0.2) is 6.23 Å². The number of carbonyl (C=O) groups excluding carboxylic acids is 1. The fourth-order valence-corrected chi connectivity index (χ4v) is 1.57. The minimum Gasteiger partial charge on any atom is -0.371 e. The van der Waals surface area contributed by atoms with Crippen molar-refractivity contribution in [1.29, 1.82) is 0 Å². The van der Waals surface area contributed by atoms with Crippen molar-refractivity contribution in [3.05, 3.63) is 35.9 Å². The Balaban J connectivity index is 2.26. The summed E-state index contributed by atoms with van der Waals surface area (Å²) in [5.41, 5.74) is 0.915. The first kappa shape index (κ1) is 9.02. The molecule has 1 aliphatic rings.